The van der Waals surface area contributed by atoms with E-state index in [9.17, 15) is 23.1 Å². The fraction of sp³-hybridized carbons (Fsp3) is 0.167. The van der Waals surface area contributed by atoms with Gasteiger partial charge < -0.3 is 15.2 Å². The van der Waals surface area contributed by atoms with E-state index in [0.717, 1.165) is 23.3 Å². The summed E-state index contributed by atoms with van der Waals surface area (Å²) in [5, 5.41) is 12.6. The first kappa shape index (κ1) is 24.0. The van der Waals surface area contributed by atoms with Gasteiger partial charge in [-0.2, -0.15) is 0 Å². The Balaban J connectivity index is 1.55. The number of nitrogens with one attached hydrogen (secondary N) is 2. The molecule has 0 unspecified atom stereocenters. The Labute approximate surface area is 192 Å². The predicted octanol–water partition coefficient (Wildman–Crippen LogP) is 2.39. The third-order valence-corrected chi connectivity index (χ3v) is 6.12. The number of hydrogen-bond donors (Lipinski definition) is 3. The fourth-order valence-electron chi connectivity index (χ4n) is 2.95. The van der Waals surface area contributed by atoms with E-state index in [1.165, 1.54) is 6.07 Å². The molecular weight excluding hydrogens is 444 g/mol. The quantitative estimate of drug-likeness (QED) is 0.393. The van der Waals surface area contributed by atoms with Crippen molar-refractivity contribution < 1.29 is 27.9 Å². The van der Waals surface area contributed by atoms with Gasteiger partial charge in [0.05, 0.1) is 4.90 Å². The number of sulfonamides is 1. The zero-order chi connectivity index (χ0) is 23.7. The minimum Gasteiger partial charge on any atom is -0.507 e. The molecule has 172 valence electrons. The molecular formula is C24H24N2O6S. The Morgan fingerprint density at radius 1 is 0.879 bits per heavy atom. The number of ether oxygens (including phenoxy) is 1. The van der Waals surface area contributed by atoms with E-state index in [4.69, 9.17) is 4.74 Å². The lowest BCUT2D eigenvalue weighted by Gasteiger charge is -2.10. The first-order valence-corrected chi connectivity index (χ1v) is 11.7. The normalized spacial score (nSPS) is 11.0. The van der Waals surface area contributed by atoms with E-state index in [0.29, 0.717) is 13.0 Å². The summed E-state index contributed by atoms with van der Waals surface area (Å²) in [5.74, 6) is -1.97. The molecule has 0 bridgehead atoms. The molecule has 0 aliphatic carbocycles. The number of carbonyl (C=O) groups is 2. The minimum atomic E-state index is -3.95. The Morgan fingerprint density at radius 2 is 1.52 bits per heavy atom. The van der Waals surface area contributed by atoms with Crippen LogP contribution in [0.3, 0.4) is 0 Å². The van der Waals surface area contributed by atoms with E-state index >= 15 is 0 Å². The fourth-order valence-corrected chi connectivity index (χ4v) is 4.00. The molecule has 0 aliphatic heterocycles. The molecule has 0 atom stereocenters. The molecule has 33 heavy (non-hydrogen) atoms. The highest BCUT2D eigenvalue weighted by Crippen LogP contribution is 2.22. The molecule has 0 saturated heterocycles. The molecule has 0 aliphatic rings. The van der Waals surface area contributed by atoms with Gasteiger partial charge in [0.25, 0.3) is 5.91 Å². The highest BCUT2D eigenvalue weighted by Gasteiger charge is 2.20. The smallest absolute Gasteiger partial charge is 0.342 e. The number of amides is 1. The van der Waals surface area contributed by atoms with Crippen LogP contribution in [0, 0.1) is 0 Å². The van der Waals surface area contributed by atoms with Crippen LogP contribution in [0.25, 0.3) is 0 Å². The summed E-state index contributed by atoms with van der Waals surface area (Å²) in [4.78, 5) is 24.1. The van der Waals surface area contributed by atoms with Crippen LogP contribution in [0.4, 0.5) is 0 Å². The van der Waals surface area contributed by atoms with Gasteiger partial charge in [-0.25, -0.2) is 17.9 Å². The summed E-state index contributed by atoms with van der Waals surface area (Å²) >= 11 is 0. The Bertz CT molecular complexity index is 1200. The maximum atomic E-state index is 12.6. The van der Waals surface area contributed by atoms with Gasteiger partial charge in [0, 0.05) is 13.1 Å². The van der Waals surface area contributed by atoms with E-state index in [1.54, 1.807) is 24.3 Å². The van der Waals surface area contributed by atoms with E-state index in [-0.39, 0.29) is 17.0 Å². The van der Waals surface area contributed by atoms with Crippen LogP contribution in [0.15, 0.2) is 83.8 Å². The second-order valence-electron chi connectivity index (χ2n) is 7.15. The molecule has 0 aromatic heterocycles. The molecule has 0 radical (unpaired) electrons. The summed E-state index contributed by atoms with van der Waals surface area (Å²) in [6.07, 6.45) is 0.622. The molecule has 0 spiro atoms. The van der Waals surface area contributed by atoms with E-state index in [1.807, 2.05) is 36.4 Å². The van der Waals surface area contributed by atoms with Crippen molar-refractivity contribution in [2.75, 3.05) is 13.2 Å². The van der Waals surface area contributed by atoms with Crippen molar-refractivity contribution >= 4 is 21.9 Å². The number of aromatic hydroxyl groups is 1. The molecule has 9 heteroatoms. The highest BCUT2D eigenvalue weighted by molar-refractivity contribution is 7.89. The van der Waals surface area contributed by atoms with Crippen LogP contribution < -0.4 is 10.0 Å². The predicted molar refractivity (Wildman–Crippen MR) is 122 cm³/mol. The number of carbonyl (C=O) groups excluding carboxylic acids is 2. The molecule has 0 saturated carbocycles. The van der Waals surface area contributed by atoms with Crippen LogP contribution >= 0.6 is 0 Å². The van der Waals surface area contributed by atoms with Gasteiger partial charge in [-0.15, -0.1) is 0 Å². The van der Waals surface area contributed by atoms with Crippen LogP contribution in [-0.4, -0.2) is 38.6 Å². The molecule has 3 aromatic rings. The Morgan fingerprint density at radius 3 is 2.18 bits per heavy atom. The molecule has 8 nitrogen and oxygen atoms in total. The van der Waals surface area contributed by atoms with Gasteiger partial charge in [-0.3, -0.25) is 4.79 Å². The monoisotopic (exact) mass is 468 g/mol. The second-order valence-corrected chi connectivity index (χ2v) is 8.92. The maximum absolute atomic E-state index is 12.6. The van der Waals surface area contributed by atoms with Crippen molar-refractivity contribution in [1.82, 2.24) is 10.0 Å². The molecule has 1 amide bonds. The average molecular weight is 469 g/mol. The number of esters is 1. The van der Waals surface area contributed by atoms with Crippen molar-refractivity contribution in [1.29, 1.82) is 0 Å². The first-order chi connectivity index (χ1) is 15.8. The topological polar surface area (TPSA) is 122 Å². The summed E-state index contributed by atoms with van der Waals surface area (Å²) in [6.45, 7) is -0.129. The molecule has 3 rings (SSSR count). The zero-order valence-corrected chi connectivity index (χ0v) is 18.5. The van der Waals surface area contributed by atoms with Crippen molar-refractivity contribution in [2.24, 2.45) is 0 Å². The Kier molecular flexibility index (Phi) is 8.17. The first-order valence-electron chi connectivity index (χ1n) is 10.2. The van der Waals surface area contributed by atoms with Crippen molar-refractivity contribution in [3.05, 3.63) is 95.6 Å². The van der Waals surface area contributed by atoms with Crippen LogP contribution in [0.1, 0.15) is 21.5 Å². The third-order valence-electron chi connectivity index (χ3n) is 4.72. The van der Waals surface area contributed by atoms with Crippen molar-refractivity contribution in [2.45, 2.75) is 17.9 Å². The minimum absolute atomic E-state index is 0.0625. The molecule has 0 heterocycles. The van der Waals surface area contributed by atoms with E-state index < -0.39 is 34.3 Å². The molecule has 3 N–H and O–H groups in total. The molecule has 0 fully saturated rings. The summed E-state index contributed by atoms with van der Waals surface area (Å²) in [5.41, 5.74) is 1.46. The van der Waals surface area contributed by atoms with Crippen molar-refractivity contribution in [3.8, 4) is 5.75 Å². The number of phenolic OH excluding ortho intramolecular Hbond substituents is 1. The van der Waals surface area contributed by atoms with Gasteiger partial charge in [-0.1, -0.05) is 60.7 Å². The second kappa shape index (κ2) is 11.3. The largest absolute Gasteiger partial charge is 0.507 e. The zero-order valence-electron chi connectivity index (χ0n) is 17.7. The van der Waals surface area contributed by atoms with Crippen LogP contribution in [-0.2, 0) is 32.5 Å². The lowest BCUT2D eigenvalue weighted by Crippen LogP contribution is -2.30. The number of hydrogen-bond acceptors (Lipinski definition) is 6. The van der Waals surface area contributed by atoms with Crippen LogP contribution in [0.2, 0.25) is 0 Å². The van der Waals surface area contributed by atoms with Crippen LogP contribution in [0.5, 0.6) is 5.75 Å². The number of phenols is 1. The standard InChI is InChI=1S/C24H24N2O6S/c27-22-12-11-20(33(30,31)26-16-19-9-5-2-6-10-19)15-21(22)24(29)32-17-23(28)25-14-13-18-7-3-1-4-8-18/h1-12,15,26-27H,13-14,16-17H2,(H,25,28). The van der Waals surface area contributed by atoms with Gasteiger partial charge in [0.2, 0.25) is 10.0 Å². The van der Waals surface area contributed by atoms with E-state index in [2.05, 4.69) is 10.0 Å². The van der Waals surface area contributed by atoms with Gasteiger partial charge >= 0.3 is 5.97 Å². The van der Waals surface area contributed by atoms with Crippen molar-refractivity contribution in [3.63, 3.8) is 0 Å². The molecule has 3 aromatic carbocycles. The number of rotatable bonds is 10. The van der Waals surface area contributed by atoms with Gasteiger partial charge in [0.1, 0.15) is 11.3 Å². The summed E-state index contributed by atoms with van der Waals surface area (Å²) in [7, 11) is -3.95. The lowest BCUT2D eigenvalue weighted by atomic mass is 10.1. The highest BCUT2D eigenvalue weighted by atomic mass is 32.2. The van der Waals surface area contributed by atoms with Gasteiger partial charge in [-0.05, 0) is 35.7 Å². The lowest BCUT2D eigenvalue weighted by molar-refractivity contribution is -0.124. The Hall–Kier alpha value is -3.69. The average Bonchev–Trinajstić information content (AvgIpc) is 2.83. The summed E-state index contributed by atoms with van der Waals surface area (Å²) < 4.78 is 32.6. The maximum Gasteiger partial charge on any atom is 0.342 e. The third kappa shape index (κ3) is 7.16. The SMILES string of the molecule is O=C(COC(=O)c1cc(S(=O)(=O)NCc2ccccc2)ccc1O)NCCc1ccccc1. The number of benzene rings is 3. The summed E-state index contributed by atoms with van der Waals surface area (Å²) in [6, 6.07) is 21.8. The van der Waals surface area contributed by atoms with Gasteiger partial charge in [0.15, 0.2) is 6.61 Å².